The summed E-state index contributed by atoms with van der Waals surface area (Å²) < 4.78 is 24.9. The maximum atomic E-state index is 13.2. The lowest BCUT2D eigenvalue weighted by atomic mass is 10.2. The molecule has 1 atom stereocenters. The van der Waals surface area contributed by atoms with Gasteiger partial charge in [-0.2, -0.15) is 0 Å². The third-order valence-corrected chi connectivity index (χ3v) is 8.19. The van der Waals surface area contributed by atoms with Crippen molar-refractivity contribution in [2.24, 2.45) is 0 Å². The topological polar surface area (TPSA) is 89.3 Å². The van der Waals surface area contributed by atoms with Crippen LogP contribution in [0.1, 0.15) is 6.42 Å². The summed E-state index contributed by atoms with van der Waals surface area (Å²) in [5, 5.41) is 1.31. The van der Waals surface area contributed by atoms with Crippen molar-refractivity contribution in [1.29, 1.82) is 0 Å². The largest absolute Gasteiger partial charge is 0.341 e. The van der Waals surface area contributed by atoms with Crippen molar-refractivity contribution < 1.29 is 13.2 Å². The zero-order chi connectivity index (χ0) is 22.2. The third-order valence-electron chi connectivity index (χ3n) is 5.29. The number of amides is 1. The Labute approximate surface area is 189 Å². The smallest absolute Gasteiger partial charge is 0.266 e. The molecule has 2 heterocycles. The first-order chi connectivity index (χ1) is 14.7. The number of benzene rings is 2. The number of nitrogens with zero attached hydrogens (tertiary/aromatic N) is 3. The molecule has 3 aromatic rings. The van der Waals surface area contributed by atoms with Crippen molar-refractivity contribution in [3.63, 3.8) is 0 Å². The number of fused-ring (bicyclic) bond motifs is 1. The van der Waals surface area contributed by atoms with Crippen LogP contribution in [0.4, 0.5) is 0 Å². The SMILES string of the molecule is CN(C(=O)CSc1nc2ccccc2c(=O)n1-c1cccc(Cl)c1)[C@H]1CCS(=O)(=O)C1. The highest BCUT2D eigenvalue weighted by molar-refractivity contribution is 7.99. The molecule has 31 heavy (non-hydrogen) atoms. The van der Waals surface area contributed by atoms with E-state index in [0.717, 1.165) is 11.8 Å². The molecule has 10 heteroatoms. The zero-order valence-corrected chi connectivity index (χ0v) is 19.1. The maximum absolute atomic E-state index is 13.2. The van der Waals surface area contributed by atoms with Crippen LogP contribution in [0.5, 0.6) is 0 Å². The Hall–Kier alpha value is -2.36. The number of carbonyl (C=O) groups excluding carboxylic acids is 1. The van der Waals surface area contributed by atoms with Gasteiger partial charge in [0, 0.05) is 18.1 Å². The molecule has 1 fully saturated rings. The highest BCUT2D eigenvalue weighted by Gasteiger charge is 2.32. The van der Waals surface area contributed by atoms with Crippen LogP contribution in [0.25, 0.3) is 16.6 Å². The van der Waals surface area contributed by atoms with E-state index in [1.165, 1.54) is 9.47 Å². The molecule has 1 saturated heterocycles. The minimum atomic E-state index is -3.09. The molecule has 2 aromatic carbocycles. The van der Waals surface area contributed by atoms with E-state index in [2.05, 4.69) is 4.98 Å². The van der Waals surface area contributed by atoms with Crippen LogP contribution in [0.15, 0.2) is 58.5 Å². The Morgan fingerprint density at radius 2 is 2.03 bits per heavy atom. The molecule has 7 nitrogen and oxygen atoms in total. The van der Waals surface area contributed by atoms with Crippen molar-refractivity contribution in [3.05, 3.63) is 63.9 Å². The molecule has 1 amide bonds. The van der Waals surface area contributed by atoms with Crippen LogP contribution in [0.3, 0.4) is 0 Å². The van der Waals surface area contributed by atoms with Gasteiger partial charge in [0.2, 0.25) is 5.91 Å². The molecule has 0 N–H and O–H groups in total. The number of hydrogen-bond acceptors (Lipinski definition) is 6. The molecule has 0 spiro atoms. The van der Waals surface area contributed by atoms with Crippen LogP contribution < -0.4 is 5.56 Å². The second-order valence-electron chi connectivity index (χ2n) is 7.38. The lowest BCUT2D eigenvalue weighted by molar-refractivity contribution is -0.128. The van der Waals surface area contributed by atoms with E-state index < -0.39 is 9.84 Å². The van der Waals surface area contributed by atoms with E-state index >= 15 is 0 Å². The predicted molar refractivity (Wildman–Crippen MR) is 123 cm³/mol. The maximum Gasteiger partial charge on any atom is 0.266 e. The average molecular weight is 478 g/mol. The Bertz CT molecular complexity index is 1320. The van der Waals surface area contributed by atoms with E-state index in [1.807, 2.05) is 0 Å². The molecule has 0 bridgehead atoms. The summed E-state index contributed by atoms with van der Waals surface area (Å²) in [7, 11) is -1.47. The summed E-state index contributed by atoms with van der Waals surface area (Å²) in [5.74, 6) is -0.102. The van der Waals surface area contributed by atoms with Crippen LogP contribution in [0.2, 0.25) is 5.02 Å². The lowest BCUT2D eigenvalue weighted by Gasteiger charge is -2.23. The van der Waals surface area contributed by atoms with Crippen molar-refractivity contribution in [3.8, 4) is 5.69 Å². The summed E-state index contributed by atoms with van der Waals surface area (Å²) in [5.41, 5.74) is 0.843. The highest BCUT2D eigenvalue weighted by atomic mass is 35.5. The van der Waals surface area contributed by atoms with Gasteiger partial charge in [0.25, 0.3) is 5.56 Å². The second-order valence-corrected chi connectivity index (χ2v) is 11.0. The fourth-order valence-electron chi connectivity index (χ4n) is 3.56. The number of rotatable bonds is 5. The van der Waals surface area contributed by atoms with E-state index in [1.54, 1.807) is 55.6 Å². The molecular weight excluding hydrogens is 458 g/mol. The van der Waals surface area contributed by atoms with Gasteiger partial charge in [-0.3, -0.25) is 14.2 Å². The van der Waals surface area contributed by atoms with E-state index in [-0.39, 0.29) is 34.8 Å². The van der Waals surface area contributed by atoms with Gasteiger partial charge >= 0.3 is 0 Å². The van der Waals surface area contributed by atoms with E-state index in [4.69, 9.17) is 11.6 Å². The number of halogens is 1. The van der Waals surface area contributed by atoms with Crippen LogP contribution >= 0.6 is 23.4 Å². The predicted octanol–water partition coefficient (Wildman–Crippen LogP) is 2.78. The number of carbonyl (C=O) groups is 1. The molecule has 1 aromatic heterocycles. The molecule has 0 aliphatic carbocycles. The summed E-state index contributed by atoms with van der Waals surface area (Å²) in [6, 6.07) is 13.6. The van der Waals surface area contributed by atoms with Gasteiger partial charge in [0.1, 0.15) is 0 Å². The molecule has 0 unspecified atom stereocenters. The Kier molecular flexibility index (Phi) is 6.09. The van der Waals surface area contributed by atoms with Crippen LogP contribution in [-0.4, -0.2) is 59.1 Å². The van der Waals surface area contributed by atoms with Gasteiger partial charge in [-0.05, 0) is 36.8 Å². The molecular formula is C21H20ClN3O4S2. The zero-order valence-electron chi connectivity index (χ0n) is 16.7. The number of thioether (sulfide) groups is 1. The minimum absolute atomic E-state index is 0.0125. The van der Waals surface area contributed by atoms with Gasteiger partial charge in [0.15, 0.2) is 15.0 Å². The van der Waals surface area contributed by atoms with E-state index in [9.17, 15) is 18.0 Å². The second kappa shape index (κ2) is 8.64. The molecule has 1 aliphatic heterocycles. The summed E-state index contributed by atoms with van der Waals surface area (Å²) in [6.07, 6.45) is 0.441. The van der Waals surface area contributed by atoms with Crippen molar-refractivity contribution in [2.45, 2.75) is 17.6 Å². The first kappa shape index (κ1) is 21.9. The van der Waals surface area contributed by atoms with Gasteiger partial charge < -0.3 is 4.90 Å². The van der Waals surface area contributed by atoms with Gasteiger partial charge in [-0.15, -0.1) is 0 Å². The van der Waals surface area contributed by atoms with E-state index in [0.29, 0.717) is 33.2 Å². The summed E-state index contributed by atoms with van der Waals surface area (Å²) in [4.78, 5) is 32.1. The summed E-state index contributed by atoms with van der Waals surface area (Å²) in [6.45, 7) is 0. The van der Waals surface area contributed by atoms with Crippen molar-refractivity contribution >= 4 is 50.0 Å². The normalized spacial score (nSPS) is 17.7. The fraction of sp³-hybridized carbons (Fsp3) is 0.286. The molecule has 162 valence electrons. The third kappa shape index (κ3) is 4.63. The average Bonchev–Trinajstić information content (AvgIpc) is 3.11. The van der Waals surface area contributed by atoms with Gasteiger partial charge in [0.05, 0.1) is 33.8 Å². The number of sulfone groups is 1. The first-order valence-electron chi connectivity index (χ1n) is 9.62. The number of aromatic nitrogens is 2. The first-order valence-corrected chi connectivity index (χ1v) is 12.8. The quantitative estimate of drug-likeness (QED) is 0.414. The standard InChI is InChI=1S/C21H20ClN3O4S2/c1-24(16-9-10-31(28,29)13-16)19(26)12-30-21-23-18-8-3-2-7-17(18)20(27)25(21)15-6-4-5-14(22)11-15/h2-8,11,16H,9-10,12-13H2,1H3/t16-/m0/s1. The molecule has 0 radical (unpaired) electrons. The molecule has 1 aliphatic rings. The summed E-state index contributed by atoms with van der Waals surface area (Å²) >= 11 is 7.27. The lowest BCUT2D eigenvalue weighted by Crippen LogP contribution is -2.39. The molecule has 0 saturated carbocycles. The van der Waals surface area contributed by atoms with Crippen LogP contribution in [-0.2, 0) is 14.6 Å². The fourth-order valence-corrected chi connectivity index (χ4v) is 6.46. The molecule has 4 rings (SSSR count). The van der Waals surface area contributed by atoms with Gasteiger partial charge in [-0.1, -0.05) is 41.6 Å². The van der Waals surface area contributed by atoms with Crippen molar-refractivity contribution in [2.75, 3.05) is 24.3 Å². The van der Waals surface area contributed by atoms with Gasteiger partial charge in [-0.25, -0.2) is 13.4 Å². The number of para-hydroxylation sites is 1. The Balaban J connectivity index is 1.66. The Morgan fingerprint density at radius 3 is 2.74 bits per heavy atom. The Morgan fingerprint density at radius 1 is 1.26 bits per heavy atom. The number of hydrogen-bond donors (Lipinski definition) is 0. The van der Waals surface area contributed by atoms with Crippen molar-refractivity contribution in [1.82, 2.24) is 14.5 Å². The minimum Gasteiger partial charge on any atom is -0.341 e. The monoisotopic (exact) mass is 477 g/mol. The highest BCUT2D eigenvalue weighted by Crippen LogP contribution is 2.24. The van der Waals surface area contributed by atoms with Crippen LogP contribution in [0, 0.1) is 0 Å².